The number of benzene rings is 2. The SMILES string of the molecule is COCCOCOCC[C@H]1C=C2[C@@]3(CCO[Si](c4ccccc4)(c4ccccc4)C(C)(C)C)C[C@@H](C(=O)O)[C@H](C(=O)O)[C@H]4[C@@H]1CCO[C@@]24O[C@H]3OC. The van der Waals surface area contributed by atoms with Crippen molar-refractivity contribution >= 4 is 30.6 Å². The molecule has 2 aromatic carbocycles. The summed E-state index contributed by atoms with van der Waals surface area (Å²) in [5.74, 6) is -7.17. The molecule has 0 aromatic heterocycles. The topological polar surface area (TPSA) is 139 Å². The standard InChI is InChI=1S/C40H54O11Si/c1-38(2,3)52(28-12-8-6-9-13-28,29-14-10-7-11-15-29)50-21-18-39-25-31(35(41)42)33(36(43)44)34-30-17-20-49-40(34,51-37(39)46-5)32(39)24-27(30)16-19-47-26-48-23-22-45-4/h6-15,24,27,30-31,33-34,37H,16-23,25-26H2,1-5H3,(H,41,42)(H,43,44)/t27-,30+,31+,33-,34+,37+,39+,40+/m0/s1. The summed E-state index contributed by atoms with van der Waals surface area (Å²) < 4.78 is 43.3. The highest BCUT2D eigenvalue weighted by Gasteiger charge is 2.74. The number of methoxy groups -OCH3 is 2. The van der Waals surface area contributed by atoms with Gasteiger partial charge in [0.2, 0.25) is 0 Å². The third-order valence-electron chi connectivity index (χ3n) is 11.9. The summed E-state index contributed by atoms with van der Waals surface area (Å²) in [6, 6.07) is 20.7. The summed E-state index contributed by atoms with van der Waals surface area (Å²) in [4.78, 5) is 26.5. The van der Waals surface area contributed by atoms with Crippen LogP contribution in [0.25, 0.3) is 0 Å². The van der Waals surface area contributed by atoms with Gasteiger partial charge in [-0.2, -0.15) is 0 Å². The fraction of sp³-hybridized carbons (Fsp3) is 0.600. The molecule has 4 aliphatic rings. The van der Waals surface area contributed by atoms with E-state index in [4.69, 9.17) is 32.8 Å². The highest BCUT2D eigenvalue weighted by Crippen LogP contribution is 2.68. The Morgan fingerprint density at radius 2 is 1.56 bits per heavy atom. The van der Waals surface area contributed by atoms with Crippen molar-refractivity contribution in [2.45, 2.75) is 63.6 Å². The lowest BCUT2D eigenvalue weighted by Crippen LogP contribution is -2.66. The number of hydrogen-bond acceptors (Lipinski definition) is 9. The Morgan fingerprint density at radius 1 is 0.904 bits per heavy atom. The quantitative estimate of drug-likeness (QED) is 0.101. The van der Waals surface area contributed by atoms with E-state index in [0.717, 1.165) is 15.9 Å². The molecule has 2 aliphatic carbocycles. The van der Waals surface area contributed by atoms with E-state index < -0.39 is 55.5 Å². The summed E-state index contributed by atoms with van der Waals surface area (Å²) in [7, 11) is 0.207. The lowest BCUT2D eigenvalue weighted by atomic mass is 9.60. The zero-order valence-electron chi connectivity index (χ0n) is 31.0. The number of hydrogen-bond donors (Lipinski definition) is 2. The van der Waals surface area contributed by atoms with Gasteiger partial charge >= 0.3 is 11.9 Å². The van der Waals surface area contributed by atoms with Gasteiger partial charge in [0.15, 0.2) is 12.1 Å². The van der Waals surface area contributed by atoms with Gasteiger partial charge in [-0.25, -0.2) is 0 Å². The van der Waals surface area contributed by atoms with E-state index in [1.807, 2.05) is 36.4 Å². The van der Waals surface area contributed by atoms with Crippen molar-refractivity contribution in [2.24, 2.45) is 35.0 Å². The molecule has 284 valence electrons. The number of ether oxygens (including phenoxy) is 6. The van der Waals surface area contributed by atoms with E-state index in [2.05, 4.69) is 51.1 Å². The van der Waals surface area contributed by atoms with Crippen LogP contribution < -0.4 is 10.4 Å². The van der Waals surface area contributed by atoms with Crippen LogP contribution >= 0.6 is 0 Å². The zero-order chi connectivity index (χ0) is 37.1. The van der Waals surface area contributed by atoms with Gasteiger partial charge in [0, 0.05) is 26.7 Å². The first-order valence-corrected chi connectivity index (χ1v) is 20.3. The van der Waals surface area contributed by atoms with Gasteiger partial charge in [0.05, 0.1) is 43.7 Å². The summed E-state index contributed by atoms with van der Waals surface area (Å²) in [5, 5.41) is 23.6. The maximum Gasteiger partial charge on any atom is 0.307 e. The van der Waals surface area contributed by atoms with Crippen molar-refractivity contribution in [3.8, 4) is 0 Å². The number of aliphatic carboxylic acids is 2. The molecule has 2 N–H and O–H groups in total. The molecule has 0 amide bonds. The van der Waals surface area contributed by atoms with Crippen molar-refractivity contribution in [1.29, 1.82) is 0 Å². The molecule has 12 heteroatoms. The second-order valence-corrected chi connectivity index (χ2v) is 19.9. The van der Waals surface area contributed by atoms with Gasteiger partial charge in [-0.3, -0.25) is 9.59 Å². The minimum absolute atomic E-state index is 0.0125. The number of allylic oxidation sites excluding steroid dienone is 1. The Bertz CT molecular complexity index is 1520. The summed E-state index contributed by atoms with van der Waals surface area (Å²) >= 11 is 0. The largest absolute Gasteiger partial charge is 0.481 e. The highest BCUT2D eigenvalue weighted by atomic mass is 28.4. The number of rotatable bonds is 17. The molecule has 6 rings (SSSR count). The van der Waals surface area contributed by atoms with Crippen LogP contribution in [0.1, 0.15) is 46.5 Å². The molecule has 5 bridgehead atoms. The highest BCUT2D eigenvalue weighted by molar-refractivity contribution is 6.99. The predicted molar refractivity (Wildman–Crippen MR) is 194 cm³/mol. The molecule has 11 nitrogen and oxygen atoms in total. The molecule has 2 heterocycles. The second kappa shape index (κ2) is 15.8. The average Bonchev–Trinajstić information content (AvgIpc) is 3.33. The molecular weight excluding hydrogens is 685 g/mol. The van der Waals surface area contributed by atoms with Crippen LogP contribution in [0.5, 0.6) is 0 Å². The average molecular weight is 739 g/mol. The summed E-state index contributed by atoms with van der Waals surface area (Å²) in [6.45, 7) is 8.64. The van der Waals surface area contributed by atoms with Gasteiger partial charge in [-0.15, -0.1) is 0 Å². The van der Waals surface area contributed by atoms with Gasteiger partial charge in [0.1, 0.15) is 6.79 Å². The van der Waals surface area contributed by atoms with E-state index in [9.17, 15) is 19.8 Å². The molecule has 1 spiro atoms. The first-order valence-electron chi connectivity index (χ1n) is 18.4. The molecule has 2 saturated heterocycles. The van der Waals surface area contributed by atoms with Crippen LogP contribution in [0, 0.1) is 35.0 Å². The van der Waals surface area contributed by atoms with Crippen LogP contribution in [0.3, 0.4) is 0 Å². The smallest absolute Gasteiger partial charge is 0.307 e. The van der Waals surface area contributed by atoms with Crippen molar-refractivity contribution < 1.29 is 52.6 Å². The van der Waals surface area contributed by atoms with E-state index in [1.54, 1.807) is 14.2 Å². The van der Waals surface area contributed by atoms with Crippen molar-refractivity contribution in [2.75, 3.05) is 54.0 Å². The van der Waals surface area contributed by atoms with Gasteiger partial charge < -0.3 is 43.1 Å². The first kappa shape index (κ1) is 38.8. The van der Waals surface area contributed by atoms with Gasteiger partial charge in [0.25, 0.3) is 8.32 Å². The molecular formula is C40H54O11Si. The molecule has 2 aliphatic heterocycles. The Hall–Kier alpha value is -2.94. The second-order valence-electron chi connectivity index (χ2n) is 15.6. The summed E-state index contributed by atoms with van der Waals surface area (Å²) in [6.07, 6.45) is 2.84. The normalized spacial score (nSPS) is 31.1. The van der Waals surface area contributed by atoms with E-state index in [1.165, 1.54) is 0 Å². The molecule has 52 heavy (non-hydrogen) atoms. The zero-order valence-corrected chi connectivity index (χ0v) is 32.0. The Kier molecular flexibility index (Phi) is 11.8. The number of carboxylic acid groups (broad SMARTS) is 2. The molecule has 2 aromatic rings. The lowest BCUT2D eigenvalue weighted by molar-refractivity contribution is -0.326. The van der Waals surface area contributed by atoms with Crippen LogP contribution in [-0.2, 0) is 42.4 Å². The van der Waals surface area contributed by atoms with E-state index in [-0.39, 0.29) is 36.7 Å². The Balaban J connectivity index is 1.41. The fourth-order valence-electron chi connectivity index (χ4n) is 9.84. The van der Waals surface area contributed by atoms with Crippen molar-refractivity contribution in [1.82, 2.24) is 0 Å². The fourth-order valence-corrected chi connectivity index (χ4v) is 14.4. The lowest BCUT2D eigenvalue weighted by Gasteiger charge is -2.53. The third kappa shape index (κ3) is 6.70. The maximum absolute atomic E-state index is 13.2. The monoisotopic (exact) mass is 738 g/mol. The summed E-state index contributed by atoms with van der Waals surface area (Å²) in [5.41, 5.74) is -0.244. The molecule has 8 atom stereocenters. The maximum atomic E-state index is 13.2. The Morgan fingerprint density at radius 3 is 2.13 bits per heavy atom. The van der Waals surface area contributed by atoms with E-state index >= 15 is 0 Å². The van der Waals surface area contributed by atoms with E-state index in [0.29, 0.717) is 45.7 Å². The van der Waals surface area contributed by atoms with Crippen LogP contribution in [-0.4, -0.2) is 96.6 Å². The Labute approximate surface area is 307 Å². The minimum Gasteiger partial charge on any atom is -0.481 e. The van der Waals surface area contributed by atoms with Gasteiger partial charge in [-0.05, 0) is 58.5 Å². The number of carboxylic acids is 2. The third-order valence-corrected chi connectivity index (χ3v) is 17.0. The number of carbonyl (C=O) groups is 2. The van der Waals surface area contributed by atoms with Gasteiger partial charge in [-0.1, -0.05) is 87.5 Å². The van der Waals surface area contributed by atoms with Crippen molar-refractivity contribution in [3.05, 3.63) is 72.3 Å². The first-order chi connectivity index (χ1) is 25.0. The predicted octanol–water partition coefficient (Wildman–Crippen LogP) is 4.68. The van der Waals surface area contributed by atoms with Crippen LogP contribution in [0.2, 0.25) is 5.04 Å². The van der Waals surface area contributed by atoms with Crippen LogP contribution in [0.15, 0.2) is 72.3 Å². The van der Waals surface area contributed by atoms with Crippen molar-refractivity contribution in [3.63, 3.8) is 0 Å². The molecule has 3 fully saturated rings. The minimum atomic E-state index is -2.97. The molecule has 1 saturated carbocycles. The van der Waals surface area contributed by atoms with Crippen LogP contribution in [0.4, 0.5) is 0 Å². The molecule has 0 radical (unpaired) electrons. The molecule has 0 unspecified atom stereocenters.